The lowest BCUT2D eigenvalue weighted by Crippen LogP contribution is -2.59. The number of amides is 3. The minimum absolute atomic E-state index is 0.0361. The zero-order chi connectivity index (χ0) is 29.8. The molecule has 0 aromatic rings. The molecule has 12 N–H and O–H groups in total. The van der Waals surface area contributed by atoms with Crippen molar-refractivity contribution in [2.45, 2.75) is 96.6 Å². The molecule has 39 heavy (non-hydrogen) atoms. The first-order chi connectivity index (χ1) is 18.4. The Kier molecular flexibility index (Phi) is 18.7. The molecule has 3 atom stereocenters. The van der Waals surface area contributed by atoms with Crippen LogP contribution in [0.3, 0.4) is 0 Å². The monoisotopic (exact) mass is 555 g/mol. The second-order valence-electron chi connectivity index (χ2n) is 9.69. The Bertz CT molecular complexity index is 809. The number of aliphatic carboxylic acids is 1. The minimum atomic E-state index is -1.45. The molecular formula is C25H49N9O5. The standard InChI is InChI=1S/C25H49N9O5/c1-3-17(2)21(22(38)31-13-10-11-15-33-25(29)30)34(23(39)18(26)16-20(36)37)19(35)12-8-6-4-5-7-9-14-32-24(27)28/h17-18,21H,3-16,26H2,1-2H3,(H,31,38)(H,36,37)(H4,27,28,32)(H4,29,30,33)/t17-,18-,21-/m0/s1. The summed E-state index contributed by atoms with van der Waals surface area (Å²) in [4.78, 5) is 51.8. The van der Waals surface area contributed by atoms with Crippen molar-refractivity contribution in [3.8, 4) is 0 Å². The first-order valence-electron chi connectivity index (χ1n) is 13.7. The normalized spacial score (nSPS) is 13.0. The number of carboxylic acid groups (broad SMARTS) is 1. The smallest absolute Gasteiger partial charge is 0.305 e. The van der Waals surface area contributed by atoms with Crippen LogP contribution >= 0.6 is 0 Å². The van der Waals surface area contributed by atoms with E-state index < -0.39 is 42.2 Å². The Morgan fingerprint density at radius 2 is 1.28 bits per heavy atom. The summed E-state index contributed by atoms with van der Waals surface area (Å²) >= 11 is 0. The van der Waals surface area contributed by atoms with Crippen LogP contribution in [0.5, 0.6) is 0 Å². The molecule has 14 heteroatoms. The van der Waals surface area contributed by atoms with E-state index in [-0.39, 0.29) is 24.3 Å². The number of hydrogen-bond donors (Lipinski definition) is 9. The van der Waals surface area contributed by atoms with Gasteiger partial charge >= 0.3 is 5.97 Å². The number of rotatable bonds is 21. The maximum atomic E-state index is 13.3. The van der Waals surface area contributed by atoms with Crippen LogP contribution < -0.4 is 33.2 Å². The molecule has 0 heterocycles. The minimum Gasteiger partial charge on any atom is -0.481 e. The Hall–Kier alpha value is -3.42. The number of carbonyl (C=O) groups is 4. The summed E-state index contributed by atoms with van der Waals surface area (Å²) in [5.74, 6) is -3.75. The molecule has 0 aromatic heterocycles. The average Bonchev–Trinajstić information content (AvgIpc) is 2.86. The van der Waals surface area contributed by atoms with Crippen molar-refractivity contribution in [3.63, 3.8) is 0 Å². The van der Waals surface area contributed by atoms with E-state index in [1.54, 1.807) is 6.92 Å². The van der Waals surface area contributed by atoms with Crippen molar-refractivity contribution in [2.75, 3.05) is 19.6 Å². The van der Waals surface area contributed by atoms with Gasteiger partial charge in [0.25, 0.3) is 0 Å². The van der Waals surface area contributed by atoms with E-state index in [2.05, 4.69) is 16.0 Å². The third-order valence-corrected chi connectivity index (χ3v) is 6.30. The molecule has 0 aliphatic heterocycles. The fourth-order valence-electron chi connectivity index (χ4n) is 3.96. The molecular weight excluding hydrogens is 506 g/mol. The van der Waals surface area contributed by atoms with Gasteiger partial charge < -0.3 is 38.3 Å². The van der Waals surface area contributed by atoms with Crippen LogP contribution in [0.15, 0.2) is 0 Å². The van der Waals surface area contributed by atoms with E-state index in [1.165, 1.54) is 0 Å². The number of hydrogen-bond acceptors (Lipinski definition) is 7. The average molecular weight is 556 g/mol. The van der Waals surface area contributed by atoms with Crippen molar-refractivity contribution in [2.24, 2.45) is 23.1 Å². The summed E-state index contributed by atoms with van der Waals surface area (Å²) in [5.41, 5.74) is 16.3. The highest BCUT2D eigenvalue weighted by Crippen LogP contribution is 2.20. The van der Waals surface area contributed by atoms with Gasteiger partial charge in [-0.05, 0) is 31.6 Å². The van der Waals surface area contributed by atoms with E-state index in [0.717, 1.165) is 37.0 Å². The molecule has 0 aliphatic rings. The number of carbonyl (C=O) groups excluding carboxylic acids is 3. The summed E-state index contributed by atoms with van der Waals surface area (Å²) < 4.78 is 0. The molecule has 0 spiro atoms. The van der Waals surface area contributed by atoms with Crippen molar-refractivity contribution in [1.29, 1.82) is 10.8 Å². The molecule has 0 saturated carbocycles. The lowest BCUT2D eigenvalue weighted by molar-refractivity contribution is -0.156. The summed E-state index contributed by atoms with van der Waals surface area (Å²) in [7, 11) is 0. The third kappa shape index (κ3) is 16.2. The molecule has 0 rings (SSSR count). The molecule has 0 bridgehead atoms. The zero-order valence-electron chi connectivity index (χ0n) is 23.4. The van der Waals surface area contributed by atoms with Gasteiger partial charge in [0.05, 0.1) is 12.5 Å². The maximum absolute atomic E-state index is 13.3. The predicted octanol–water partition coefficient (Wildman–Crippen LogP) is 0.152. The molecule has 0 unspecified atom stereocenters. The van der Waals surface area contributed by atoms with Crippen LogP contribution in [-0.2, 0) is 19.2 Å². The first-order valence-corrected chi connectivity index (χ1v) is 13.7. The molecule has 14 nitrogen and oxygen atoms in total. The summed E-state index contributed by atoms with van der Waals surface area (Å²) in [5, 5.41) is 31.6. The SMILES string of the molecule is CC[C@H](C)[C@@H](C(=O)NCCCCNC(=N)N)N(C(=O)CCCCCCCCNC(=N)N)C(=O)[C@@H](N)CC(=O)O. The van der Waals surface area contributed by atoms with Crippen LogP contribution in [0.1, 0.15) is 84.5 Å². The van der Waals surface area contributed by atoms with Crippen molar-refractivity contribution in [3.05, 3.63) is 0 Å². The largest absolute Gasteiger partial charge is 0.481 e. The molecule has 0 aromatic carbocycles. The van der Waals surface area contributed by atoms with Crippen LogP contribution in [0.4, 0.5) is 0 Å². The zero-order valence-corrected chi connectivity index (χ0v) is 23.4. The van der Waals surface area contributed by atoms with E-state index in [4.69, 9.17) is 33.1 Å². The number of carboxylic acids is 1. The second kappa shape index (κ2) is 20.5. The number of nitrogens with two attached hydrogens (primary N) is 3. The van der Waals surface area contributed by atoms with Crippen molar-refractivity contribution >= 4 is 35.6 Å². The van der Waals surface area contributed by atoms with Crippen LogP contribution in [0.2, 0.25) is 0 Å². The van der Waals surface area contributed by atoms with Gasteiger partial charge in [-0.2, -0.15) is 0 Å². The van der Waals surface area contributed by atoms with Gasteiger partial charge in [0.1, 0.15) is 6.04 Å². The van der Waals surface area contributed by atoms with E-state index in [0.29, 0.717) is 45.3 Å². The number of nitrogens with zero attached hydrogens (tertiary/aromatic N) is 1. The van der Waals surface area contributed by atoms with Gasteiger partial charge in [-0.1, -0.05) is 46.0 Å². The van der Waals surface area contributed by atoms with Gasteiger partial charge in [-0.15, -0.1) is 0 Å². The number of guanidine groups is 2. The van der Waals surface area contributed by atoms with Gasteiger partial charge in [0.2, 0.25) is 17.7 Å². The Balaban J connectivity index is 5.25. The van der Waals surface area contributed by atoms with Crippen LogP contribution in [-0.4, -0.2) is 77.3 Å². The van der Waals surface area contributed by atoms with Crippen molar-refractivity contribution in [1.82, 2.24) is 20.9 Å². The van der Waals surface area contributed by atoms with Crippen LogP contribution in [0, 0.1) is 16.7 Å². The lowest BCUT2D eigenvalue weighted by atomic mass is 9.94. The van der Waals surface area contributed by atoms with Gasteiger partial charge in [0, 0.05) is 26.1 Å². The predicted molar refractivity (Wildman–Crippen MR) is 150 cm³/mol. The molecule has 224 valence electrons. The van der Waals surface area contributed by atoms with Crippen LogP contribution in [0.25, 0.3) is 0 Å². The quantitative estimate of drug-likeness (QED) is 0.0526. The van der Waals surface area contributed by atoms with Crippen molar-refractivity contribution < 1.29 is 24.3 Å². The molecule has 0 radical (unpaired) electrons. The summed E-state index contributed by atoms with van der Waals surface area (Å²) in [6.07, 6.45) is 6.04. The molecule has 0 aliphatic carbocycles. The highest BCUT2D eigenvalue weighted by atomic mass is 16.4. The van der Waals surface area contributed by atoms with Gasteiger partial charge in [-0.25, -0.2) is 0 Å². The van der Waals surface area contributed by atoms with E-state index >= 15 is 0 Å². The van der Waals surface area contributed by atoms with Gasteiger partial charge in [0.15, 0.2) is 11.9 Å². The Morgan fingerprint density at radius 3 is 1.77 bits per heavy atom. The van der Waals surface area contributed by atoms with E-state index in [9.17, 15) is 19.2 Å². The number of imide groups is 1. The van der Waals surface area contributed by atoms with Gasteiger partial charge in [-0.3, -0.25) is 34.9 Å². The highest BCUT2D eigenvalue weighted by molar-refractivity contribution is 6.03. The highest BCUT2D eigenvalue weighted by Gasteiger charge is 2.39. The summed E-state index contributed by atoms with van der Waals surface area (Å²) in [6, 6.07) is -2.56. The number of nitrogens with one attached hydrogen (secondary N) is 5. The first kappa shape index (κ1) is 35.6. The van der Waals surface area contributed by atoms with E-state index in [1.807, 2.05) is 6.92 Å². The Labute approximate surface area is 231 Å². The topological polar surface area (TPSA) is 254 Å². The Morgan fingerprint density at radius 1 is 0.821 bits per heavy atom. The molecule has 3 amide bonds. The summed E-state index contributed by atoms with van der Waals surface area (Å²) in [6.45, 7) is 5.01. The second-order valence-corrected chi connectivity index (χ2v) is 9.69. The lowest BCUT2D eigenvalue weighted by Gasteiger charge is -2.34. The fraction of sp³-hybridized carbons (Fsp3) is 0.760. The molecule has 0 saturated heterocycles. The maximum Gasteiger partial charge on any atom is 0.305 e. The third-order valence-electron chi connectivity index (χ3n) is 6.30. The number of unbranched alkanes of at least 4 members (excludes halogenated alkanes) is 6. The fourth-order valence-corrected chi connectivity index (χ4v) is 3.96. The molecule has 0 fully saturated rings.